The van der Waals surface area contributed by atoms with Gasteiger partial charge in [-0.15, -0.1) is 0 Å². The van der Waals surface area contributed by atoms with Crippen molar-refractivity contribution < 1.29 is 14.3 Å². The lowest BCUT2D eigenvalue weighted by Gasteiger charge is -2.04. The lowest BCUT2D eigenvalue weighted by Crippen LogP contribution is -2.12. The van der Waals surface area contributed by atoms with E-state index in [9.17, 15) is 9.59 Å². The Labute approximate surface area is 153 Å². The number of Topliss-reactive ketones (excluding diaryl/α,β-unsaturated/α-hetero) is 1. The van der Waals surface area contributed by atoms with Crippen LogP contribution < -0.4 is 0 Å². The van der Waals surface area contributed by atoms with Gasteiger partial charge >= 0.3 is 5.97 Å². The third kappa shape index (κ3) is 6.03. The Bertz CT molecular complexity index is 812. The molecular formula is C22H21NO3. The maximum absolute atomic E-state index is 12.1. The van der Waals surface area contributed by atoms with Gasteiger partial charge in [-0.3, -0.25) is 4.79 Å². The molecule has 132 valence electrons. The van der Waals surface area contributed by atoms with Gasteiger partial charge in [-0.05, 0) is 42.2 Å². The quantitative estimate of drug-likeness (QED) is 0.405. The minimum Gasteiger partial charge on any atom is -0.454 e. The van der Waals surface area contributed by atoms with Crippen molar-refractivity contribution >= 4 is 17.8 Å². The highest BCUT2D eigenvalue weighted by atomic mass is 16.5. The van der Waals surface area contributed by atoms with Crippen LogP contribution in [0.1, 0.15) is 46.8 Å². The number of aryl methyl sites for hydroxylation is 1. The van der Waals surface area contributed by atoms with Crippen molar-refractivity contribution in [2.24, 2.45) is 0 Å². The molecule has 0 bridgehead atoms. The molecule has 2 aromatic carbocycles. The normalized spacial score (nSPS) is 10.5. The molecule has 2 rings (SSSR count). The summed E-state index contributed by atoms with van der Waals surface area (Å²) in [7, 11) is 0. The van der Waals surface area contributed by atoms with Crippen LogP contribution in [0.25, 0.3) is 6.08 Å². The van der Waals surface area contributed by atoms with E-state index in [-0.39, 0.29) is 12.4 Å². The minimum atomic E-state index is -0.581. The smallest absolute Gasteiger partial charge is 0.331 e. The Morgan fingerprint density at radius 2 is 1.77 bits per heavy atom. The molecule has 0 radical (unpaired) electrons. The van der Waals surface area contributed by atoms with Gasteiger partial charge in [-0.25, -0.2) is 4.79 Å². The molecule has 0 aromatic heterocycles. The van der Waals surface area contributed by atoms with E-state index in [4.69, 9.17) is 10.00 Å². The lowest BCUT2D eigenvalue weighted by atomic mass is 10.0. The summed E-state index contributed by atoms with van der Waals surface area (Å²) in [5, 5.41) is 8.74. The molecule has 0 saturated heterocycles. The largest absolute Gasteiger partial charge is 0.454 e. The van der Waals surface area contributed by atoms with Crippen molar-refractivity contribution in [2.45, 2.75) is 26.2 Å². The Morgan fingerprint density at radius 3 is 2.38 bits per heavy atom. The molecule has 0 aliphatic heterocycles. The minimum absolute atomic E-state index is 0.229. The van der Waals surface area contributed by atoms with Gasteiger partial charge < -0.3 is 4.74 Å². The van der Waals surface area contributed by atoms with Gasteiger partial charge in [-0.1, -0.05) is 49.7 Å². The zero-order valence-electron chi connectivity index (χ0n) is 14.8. The van der Waals surface area contributed by atoms with Gasteiger partial charge in [0.2, 0.25) is 0 Å². The number of carbonyl (C=O) groups excluding carboxylic acids is 2. The second-order valence-electron chi connectivity index (χ2n) is 5.90. The molecule has 4 nitrogen and oxygen atoms in total. The van der Waals surface area contributed by atoms with E-state index in [1.807, 2.05) is 18.2 Å². The van der Waals surface area contributed by atoms with Crippen LogP contribution in [0.3, 0.4) is 0 Å². The molecule has 0 spiro atoms. The zero-order chi connectivity index (χ0) is 18.8. The van der Waals surface area contributed by atoms with Crippen molar-refractivity contribution in [1.29, 1.82) is 5.26 Å². The van der Waals surface area contributed by atoms with E-state index >= 15 is 0 Å². The van der Waals surface area contributed by atoms with E-state index in [1.54, 1.807) is 42.5 Å². The summed E-state index contributed by atoms with van der Waals surface area (Å²) in [6.07, 6.45) is 6.10. The fourth-order valence-corrected chi connectivity index (χ4v) is 2.34. The van der Waals surface area contributed by atoms with Crippen molar-refractivity contribution in [3.63, 3.8) is 0 Å². The average Bonchev–Trinajstić information content (AvgIpc) is 2.69. The fourth-order valence-electron chi connectivity index (χ4n) is 2.34. The van der Waals surface area contributed by atoms with Gasteiger partial charge in [0.05, 0.1) is 11.6 Å². The molecule has 26 heavy (non-hydrogen) atoms. The fraction of sp³-hybridized carbons (Fsp3) is 0.227. The SMILES string of the molecule is CCCCc1ccc(C(=O)COC(=O)/C=C/c2ccc(C#N)cc2)cc1. The predicted octanol–water partition coefficient (Wildman–Crippen LogP) is 4.34. The van der Waals surface area contributed by atoms with Crippen LogP contribution in [0.5, 0.6) is 0 Å². The average molecular weight is 347 g/mol. The van der Waals surface area contributed by atoms with E-state index in [2.05, 4.69) is 6.92 Å². The summed E-state index contributed by atoms with van der Waals surface area (Å²) in [6, 6.07) is 16.2. The third-order valence-electron chi connectivity index (χ3n) is 3.89. The van der Waals surface area contributed by atoms with Crippen molar-refractivity contribution in [2.75, 3.05) is 6.61 Å². The molecule has 0 saturated carbocycles. The second-order valence-corrected chi connectivity index (χ2v) is 5.90. The first-order valence-electron chi connectivity index (χ1n) is 8.59. The first kappa shape index (κ1) is 19.1. The number of hydrogen-bond donors (Lipinski definition) is 0. The Kier molecular flexibility index (Phi) is 7.32. The highest BCUT2D eigenvalue weighted by molar-refractivity contribution is 5.98. The molecule has 4 heteroatoms. The molecule has 0 atom stereocenters. The summed E-state index contributed by atoms with van der Waals surface area (Å²) >= 11 is 0. The molecule has 0 amide bonds. The second kappa shape index (κ2) is 9.95. The van der Waals surface area contributed by atoms with E-state index < -0.39 is 5.97 Å². The molecule has 2 aromatic rings. The maximum Gasteiger partial charge on any atom is 0.331 e. The Hall–Kier alpha value is -3.19. The van der Waals surface area contributed by atoms with Crippen LogP contribution in [-0.2, 0) is 16.0 Å². The van der Waals surface area contributed by atoms with Crippen molar-refractivity contribution in [3.05, 3.63) is 76.9 Å². The number of unbranched alkanes of at least 4 members (excludes halogenated alkanes) is 1. The molecule has 0 aliphatic carbocycles. The van der Waals surface area contributed by atoms with Crippen LogP contribution >= 0.6 is 0 Å². The van der Waals surface area contributed by atoms with Crippen molar-refractivity contribution in [3.8, 4) is 6.07 Å². The standard InChI is InChI=1S/C22H21NO3/c1-2-3-4-17-9-12-20(13-10-17)21(24)16-26-22(25)14-11-18-5-7-19(15-23)8-6-18/h5-14H,2-4,16H2,1H3/b14-11+. The summed E-state index contributed by atoms with van der Waals surface area (Å²) < 4.78 is 4.99. The first-order valence-corrected chi connectivity index (χ1v) is 8.59. The summed E-state index contributed by atoms with van der Waals surface area (Å²) in [5.41, 5.74) is 3.06. The van der Waals surface area contributed by atoms with Gasteiger partial charge in [0.15, 0.2) is 12.4 Å². The molecular weight excluding hydrogens is 326 g/mol. The summed E-state index contributed by atoms with van der Waals surface area (Å²) in [5.74, 6) is -0.811. The van der Waals surface area contributed by atoms with E-state index in [0.717, 1.165) is 24.8 Å². The van der Waals surface area contributed by atoms with Crippen LogP contribution in [-0.4, -0.2) is 18.4 Å². The number of esters is 1. The first-order chi connectivity index (χ1) is 12.6. The molecule has 0 unspecified atom stereocenters. The predicted molar refractivity (Wildman–Crippen MR) is 101 cm³/mol. The van der Waals surface area contributed by atoms with Crippen molar-refractivity contribution in [1.82, 2.24) is 0 Å². The Balaban J connectivity index is 1.83. The highest BCUT2D eigenvalue weighted by Gasteiger charge is 2.08. The number of rotatable bonds is 8. The van der Waals surface area contributed by atoms with Gasteiger partial charge in [-0.2, -0.15) is 5.26 Å². The third-order valence-corrected chi connectivity index (χ3v) is 3.89. The van der Waals surface area contributed by atoms with Crippen LogP contribution in [0.2, 0.25) is 0 Å². The monoisotopic (exact) mass is 347 g/mol. The highest BCUT2D eigenvalue weighted by Crippen LogP contribution is 2.09. The Morgan fingerprint density at radius 1 is 1.08 bits per heavy atom. The number of nitriles is 1. The number of carbonyl (C=O) groups is 2. The summed E-state index contributed by atoms with van der Waals surface area (Å²) in [4.78, 5) is 23.8. The van der Waals surface area contributed by atoms with E-state index in [0.29, 0.717) is 11.1 Å². The van der Waals surface area contributed by atoms with Crippen LogP contribution in [0.4, 0.5) is 0 Å². The van der Waals surface area contributed by atoms with E-state index in [1.165, 1.54) is 11.6 Å². The molecule has 0 N–H and O–H groups in total. The number of benzene rings is 2. The maximum atomic E-state index is 12.1. The number of nitrogens with zero attached hydrogens (tertiary/aromatic N) is 1. The zero-order valence-corrected chi connectivity index (χ0v) is 14.8. The van der Waals surface area contributed by atoms with Gasteiger partial charge in [0.1, 0.15) is 0 Å². The lowest BCUT2D eigenvalue weighted by molar-refractivity contribution is -0.136. The number of ether oxygens (including phenoxy) is 1. The van der Waals surface area contributed by atoms with Crippen LogP contribution in [0, 0.1) is 11.3 Å². The molecule has 0 heterocycles. The number of hydrogen-bond acceptors (Lipinski definition) is 4. The summed E-state index contributed by atoms with van der Waals surface area (Å²) in [6.45, 7) is 1.85. The van der Waals surface area contributed by atoms with Gasteiger partial charge in [0, 0.05) is 11.6 Å². The molecule has 0 fully saturated rings. The topological polar surface area (TPSA) is 67.2 Å². The van der Waals surface area contributed by atoms with Gasteiger partial charge in [0.25, 0.3) is 0 Å². The van der Waals surface area contributed by atoms with Crippen LogP contribution in [0.15, 0.2) is 54.6 Å². The number of ketones is 1. The molecule has 0 aliphatic rings.